The van der Waals surface area contributed by atoms with Crippen LogP contribution in [0.3, 0.4) is 0 Å². The smallest absolute Gasteiger partial charge is 0.207 e. The summed E-state index contributed by atoms with van der Waals surface area (Å²) in [5.74, 6) is 1.26. The number of ketones is 1. The van der Waals surface area contributed by atoms with Crippen molar-refractivity contribution in [3.05, 3.63) is 0 Å². The van der Waals surface area contributed by atoms with Crippen LogP contribution in [0.4, 0.5) is 0 Å². The molecule has 4 atom stereocenters. The Morgan fingerprint density at radius 3 is 3.18 bits per heavy atom. The minimum absolute atomic E-state index is 0.0431. The van der Waals surface area contributed by atoms with Gasteiger partial charge in [0.25, 0.3) is 0 Å². The van der Waals surface area contributed by atoms with Gasteiger partial charge >= 0.3 is 0 Å². The highest BCUT2D eigenvalue weighted by Crippen LogP contribution is 2.35. The van der Waals surface area contributed by atoms with Gasteiger partial charge in [-0.3, -0.25) is 14.4 Å². The van der Waals surface area contributed by atoms with Crippen molar-refractivity contribution in [1.82, 2.24) is 10.8 Å². The molecule has 1 saturated carbocycles. The van der Waals surface area contributed by atoms with Gasteiger partial charge in [0.05, 0.1) is 6.10 Å². The van der Waals surface area contributed by atoms with Crippen LogP contribution in [-0.4, -0.2) is 30.9 Å². The van der Waals surface area contributed by atoms with Gasteiger partial charge in [-0.05, 0) is 24.7 Å². The summed E-state index contributed by atoms with van der Waals surface area (Å²) < 4.78 is 0. The van der Waals surface area contributed by atoms with Crippen molar-refractivity contribution >= 4 is 12.2 Å². The van der Waals surface area contributed by atoms with Crippen LogP contribution in [0, 0.1) is 11.8 Å². The Kier molecular flexibility index (Phi) is 4.12. The van der Waals surface area contributed by atoms with Crippen LogP contribution in [-0.2, 0) is 14.4 Å². The summed E-state index contributed by atoms with van der Waals surface area (Å²) in [6, 6.07) is 0.261. The number of rotatable bonds is 4. The summed E-state index contributed by atoms with van der Waals surface area (Å²) >= 11 is 0. The van der Waals surface area contributed by atoms with Crippen LogP contribution < -0.4 is 10.8 Å². The normalized spacial score (nSPS) is 37.4. The third-order valence-corrected chi connectivity index (χ3v) is 4.03. The molecule has 0 bridgehead atoms. The van der Waals surface area contributed by atoms with Crippen molar-refractivity contribution in [1.29, 1.82) is 0 Å². The molecule has 1 saturated heterocycles. The van der Waals surface area contributed by atoms with E-state index in [-0.39, 0.29) is 12.1 Å². The maximum Gasteiger partial charge on any atom is 0.207 e. The van der Waals surface area contributed by atoms with E-state index in [4.69, 9.17) is 4.84 Å². The molecule has 0 aromatic heterocycles. The zero-order valence-corrected chi connectivity index (χ0v) is 10.1. The number of fused-ring (bicyclic) bond motifs is 1. The molecule has 1 amide bonds. The monoisotopic (exact) mass is 240 g/mol. The first-order chi connectivity index (χ1) is 8.22. The second-order valence-corrected chi connectivity index (χ2v) is 5.05. The van der Waals surface area contributed by atoms with Gasteiger partial charge in [0.2, 0.25) is 6.41 Å². The van der Waals surface area contributed by atoms with E-state index in [1.54, 1.807) is 0 Å². The fourth-order valence-electron chi connectivity index (χ4n) is 2.92. The van der Waals surface area contributed by atoms with Crippen LogP contribution in [0.2, 0.25) is 0 Å². The van der Waals surface area contributed by atoms with Crippen molar-refractivity contribution in [2.45, 2.75) is 44.8 Å². The van der Waals surface area contributed by atoms with Crippen LogP contribution in [0.1, 0.15) is 32.6 Å². The van der Waals surface area contributed by atoms with Gasteiger partial charge < -0.3 is 5.32 Å². The van der Waals surface area contributed by atoms with Gasteiger partial charge in [0.1, 0.15) is 5.78 Å². The minimum Gasteiger partial charge on any atom is -0.359 e. The molecule has 17 heavy (non-hydrogen) atoms. The van der Waals surface area contributed by atoms with Crippen LogP contribution in [0.15, 0.2) is 0 Å². The number of amides is 1. The van der Waals surface area contributed by atoms with E-state index in [0.29, 0.717) is 37.0 Å². The number of carbonyl (C=O) groups excluding carboxylic acids is 2. The fourth-order valence-corrected chi connectivity index (χ4v) is 2.92. The molecule has 0 aromatic carbocycles. The van der Waals surface area contributed by atoms with E-state index in [9.17, 15) is 9.59 Å². The minimum atomic E-state index is 0.0431. The first-order valence-corrected chi connectivity index (χ1v) is 6.32. The third kappa shape index (κ3) is 2.84. The second kappa shape index (κ2) is 5.60. The summed E-state index contributed by atoms with van der Waals surface area (Å²) in [6.45, 7) is 2.86. The highest BCUT2D eigenvalue weighted by atomic mass is 16.7. The van der Waals surface area contributed by atoms with Gasteiger partial charge in [0.15, 0.2) is 0 Å². The largest absolute Gasteiger partial charge is 0.359 e. The number of Topliss-reactive ketones (excluding diaryl/α,β-unsaturated/α-hetero) is 1. The van der Waals surface area contributed by atoms with E-state index >= 15 is 0 Å². The second-order valence-electron chi connectivity index (χ2n) is 5.05. The quantitative estimate of drug-likeness (QED) is 0.551. The summed E-state index contributed by atoms with van der Waals surface area (Å²) in [5, 5.41) is 2.66. The lowest BCUT2D eigenvalue weighted by atomic mass is 9.74. The molecule has 2 fully saturated rings. The average Bonchev–Trinajstić information content (AvgIpc) is 2.32. The molecule has 1 aliphatic heterocycles. The first-order valence-electron chi connectivity index (χ1n) is 6.32. The molecule has 0 aromatic rings. The molecule has 2 rings (SSSR count). The molecule has 5 nitrogen and oxygen atoms in total. The Bertz CT molecular complexity index is 295. The third-order valence-electron chi connectivity index (χ3n) is 4.03. The Balaban J connectivity index is 1.88. The Labute approximate surface area is 101 Å². The van der Waals surface area contributed by atoms with Crippen LogP contribution >= 0.6 is 0 Å². The maximum absolute atomic E-state index is 11.4. The fraction of sp³-hybridized carbons (Fsp3) is 0.833. The number of hydrogen-bond donors (Lipinski definition) is 2. The van der Waals surface area contributed by atoms with Crippen molar-refractivity contribution < 1.29 is 14.4 Å². The Morgan fingerprint density at radius 2 is 2.41 bits per heavy atom. The Morgan fingerprint density at radius 1 is 1.59 bits per heavy atom. The van der Waals surface area contributed by atoms with Crippen LogP contribution in [0.5, 0.6) is 0 Å². The lowest BCUT2D eigenvalue weighted by Crippen LogP contribution is -2.53. The summed E-state index contributed by atoms with van der Waals surface area (Å²) in [4.78, 5) is 27.1. The molecule has 2 aliphatic rings. The highest BCUT2D eigenvalue weighted by Gasteiger charge is 2.40. The van der Waals surface area contributed by atoms with Crippen molar-refractivity contribution in [3.63, 3.8) is 0 Å². The predicted molar refractivity (Wildman–Crippen MR) is 62.0 cm³/mol. The Hall–Kier alpha value is -0.940. The molecule has 96 valence electrons. The van der Waals surface area contributed by atoms with Crippen molar-refractivity contribution in [2.75, 3.05) is 6.54 Å². The first kappa shape index (κ1) is 12.5. The SMILES string of the molecule is CC1C(CCNC=O)NOC2CC(=O)CCC21. The number of carbonyl (C=O) groups is 2. The van der Waals surface area contributed by atoms with E-state index in [2.05, 4.69) is 17.7 Å². The summed E-state index contributed by atoms with van der Waals surface area (Å²) in [7, 11) is 0. The van der Waals surface area contributed by atoms with Gasteiger partial charge in [0, 0.05) is 25.4 Å². The summed E-state index contributed by atoms with van der Waals surface area (Å²) in [5.41, 5.74) is 3.04. The molecule has 1 aliphatic carbocycles. The van der Waals surface area contributed by atoms with Gasteiger partial charge in [-0.1, -0.05) is 6.92 Å². The van der Waals surface area contributed by atoms with E-state index in [1.807, 2.05) is 0 Å². The molecule has 1 heterocycles. The van der Waals surface area contributed by atoms with Crippen molar-refractivity contribution in [2.24, 2.45) is 11.8 Å². The highest BCUT2D eigenvalue weighted by molar-refractivity contribution is 5.79. The van der Waals surface area contributed by atoms with Crippen LogP contribution in [0.25, 0.3) is 0 Å². The van der Waals surface area contributed by atoms with Gasteiger partial charge in [-0.2, -0.15) is 5.48 Å². The zero-order chi connectivity index (χ0) is 12.3. The molecule has 5 heteroatoms. The standard InChI is InChI=1S/C12H20N2O3/c1-8-10-3-2-9(16)6-12(10)17-14-11(8)4-5-13-7-15/h7-8,10-12,14H,2-6H2,1H3,(H,13,15). The molecule has 0 spiro atoms. The average molecular weight is 240 g/mol. The van der Waals surface area contributed by atoms with Gasteiger partial charge in [-0.15, -0.1) is 0 Å². The van der Waals surface area contributed by atoms with Gasteiger partial charge in [-0.25, -0.2) is 0 Å². The van der Waals surface area contributed by atoms with E-state index in [0.717, 1.165) is 19.3 Å². The maximum atomic E-state index is 11.4. The molecule has 2 N–H and O–H groups in total. The molecular weight excluding hydrogens is 220 g/mol. The lowest BCUT2D eigenvalue weighted by molar-refractivity contribution is -0.160. The topological polar surface area (TPSA) is 67.4 Å². The number of nitrogens with one attached hydrogen (secondary N) is 2. The summed E-state index contributed by atoms with van der Waals surface area (Å²) in [6.07, 6.45) is 3.79. The molecular formula is C12H20N2O3. The predicted octanol–water partition coefficient (Wildman–Crippen LogP) is 0.400. The number of hydrogen-bond acceptors (Lipinski definition) is 4. The zero-order valence-electron chi connectivity index (χ0n) is 10.1. The number of hydroxylamine groups is 1. The van der Waals surface area contributed by atoms with Crippen molar-refractivity contribution in [3.8, 4) is 0 Å². The molecule has 4 unspecified atom stereocenters. The van der Waals surface area contributed by atoms with E-state index < -0.39 is 0 Å². The lowest BCUT2D eigenvalue weighted by Gasteiger charge is -2.43. The molecule has 0 radical (unpaired) electrons. The van der Waals surface area contributed by atoms with E-state index in [1.165, 1.54) is 0 Å².